The zero-order chi connectivity index (χ0) is 18.0. The van der Waals surface area contributed by atoms with E-state index in [1.165, 1.54) is 24.6 Å². The number of carbonyl (C=O) groups excluding carboxylic acids is 1. The van der Waals surface area contributed by atoms with Crippen LogP contribution in [0, 0.1) is 5.92 Å². The summed E-state index contributed by atoms with van der Waals surface area (Å²) in [4.78, 5) is 21.0. The van der Waals surface area contributed by atoms with E-state index in [9.17, 15) is 13.2 Å². The van der Waals surface area contributed by atoms with Crippen LogP contribution in [0.5, 0.6) is 0 Å². The molecule has 134 valence electrons. The molecule has 0 saturated carbocycles. The Morgan fingerprint density at radius 3 is 2.72 bits per heavy atom. The van der Waals surface area contributed by atoms with E-state index in [1.807, 2.05) is 18.2 Å². The van der Waals surface area contributed by atoms with E-state index >= 15 is 0 Å². The van der Waals surface area contributed by atoms with Gasteiger partial charge in [0.1, 0.15) is 5.69 Å². The molecular weight excluding hydrogens is 344 g/mol. The lowest BCUT2D eigenvalue weighted by molar-refractivity contribution is 0.0921. The van der Waals surface area contributed by atoms with Gasteiger partial charge < -0.3 is 10.1 Å². The number of nitrogens with zero attached hydrogens (tertiary/aromatic N) is 3. The van der Waals surface area contributed by atoms with E-state index < -0.39 is 10.0 Å². The molecule has 0 unspecified atom stereocenters. The van der Waals surface area contributed by atoms with Gasteiger partial charge in [0.25, 0.3) is 5.91 Å². The maximum absolute atomic E-state index is 12.5. The molecule has 1 aromatic heterocycles. The summed E-state index contributed by atoms with van der Waals surface area (Å²) < 4.78 is 30.7. The molecule has 0 bridgehead atoms. The Bertz CT molecular complexity index is 885. The Hall–Kier alpha value is -2.10. The van der Waals surface area contributed by atoms with E-state index in [2.05, 4.69) is 15.3 Å². The predicted octanol–water partition coefficient (Wildman–Crippen LogP) is 0.266. The van der Waals surface area contributed by atoms with Gasteiger partial charge in [-0.1, -0.05) is 12.1 Å². The van der Waals surface area contributed by atoms with Gasteiger partial charge in [0.15, 0.2) is 0 Å². The number of sulfonamides is 1. The summed E-state index contributed by atoms with van der Waals surface area (Å²) in [5.74, 6) is -0.764. The highest BCUT2D eigenvalue weighted by Gasteiger charge is 2.34. The molecule has 3 rings (SSSR count). The third-order valence-corrected chi connectivity index (χ3v) is 6.14. The zero-order valence-electron chi connectivity index (χ0n) is 14.0. The van der Waals surface area contributed by atoms with Crippen molar-refractivity contribution in [2.24, 2.45) is 5.92 Å². The molecule has 1 aromatic carbocycles. The van der Waals surface area contributed by atoms with Gasteiger partial charge in [-0.15, -0.1) is 0 Å². The molecule has 0 aliphatic carbocycles. The number of benzene rings is 1. The molecule has 1 amide bonds. The summed E-state index contributed by atoms with van der Waals surface area (Å²) in [7, 11) is -0.391. The molecule has 1 saturated heterocycles. The summed E-state index contributed by atoms with van der Waals surface area (Å²) in [5, 5.41) is 2.82. The van der Waals surface area contributed by atoms with Crippen LogP contribution < -0.4 is 5.32 Å². The standard InChI is InChI=1S/C16H20N4O4S/c1-20(2)25(22,23)10-11-8-24-9-15(11)19-16(21)14-7-17-12-5-3-4-6-13(12)18-14/h3-7,11,15H,8-10H2,1-2H3,(H,19,21)/t11-,15-/m0/s1. The molecule has 1 N–H and O–H groups in total. The van der Waals surface area contributed by atoms with Crippen molar-refractivity contribution in [3.05, 3.63) is 36.2 Å². The van der Waals surface area contributed by atoms with Gasteiger partial charge in [-0.2, -0.15) is 0 Å². The van der Waals surface area contributed by atoms with E-state index in [1.54, 1.807) is 6.07 Å². The van der Waals surface area contributed by atoms with Crippen LogP contribution in [0.25, 0.3) is 11.0 Å². The van der Waals surface area contributed by atoms with Crippen LogP contribution in [0.2, 0.25) is 0 Å². The lowest BCUT2D eigenvalue weighted by Crippen LogP contribution is -2.43. The van der Waals surface area contributed by atoms with Crippen LogP contribution in [-0.4, -0.2) is 67.7 Å². The molecular formula is C16H20N4O4S. The van der Waals surface area contributed by atoms with Crippen LogP contribution in [0.3, 0.4) is 0 Å². The highest BCUT2D eigenvalue weighted by atomic mass is 32.2. The number of carbonyl (C=O) groups is 1. The fourth-order valence-corrected chi connectivity index (χ4v) is 3.82. The zero-order valence-corrected chi connectivity index (χ0v) is 14.9. The van der Waals surface area contributed by atoms with Crippen molar-refractivity contribution < 1.29 is 17.9 Å². The number of fused-ring (bicyclic) bond motifs is 1. The highest BCUT2D eigenvalue weighted by molar-refractivity contribution is 7.89. The number of hydrogen-bond acceptors (Lipinski definition) is 6. The van der Waals surface area contributed by atoms with Crippen molar-refractivity contribution in [1.82, 2.24) is 19.6 Å². The first kappa shape index (κ1) is 17.7. The van der Waals surface area contributed by atoms with Crippen LogP contribution in [0.1, 0.15) is 10.5 Å². The molecule has 9 heteroatoms. The molecule has 8 nitrogen and oxygen atoms in total. The third-order valence-electron chi connectivity index (χ3n) is 4.18. The summed E-state index contributed by atoms with van der Waals surface area (Å²) in [6.07, 6.45) is 1.42. The number of amides is 1. The van der Waals surface area contributed by atoms with Gasteiger partial charge in [0.2, 0.25) is 10.0 Å². The van der Waals surface area contributed by atoms with Crippen LogP contribution in [0.15, 0.2) is 30.5 Å². The van der Waals surface area contributed by atoms with E-state index in [0.717, 1.165) is 0 Å². The van der Waals surface area contributed by atoms with Crippen molar-refractivity contribution in [3.63, 3.8) is 0 Å². The molecule has 1 aliphatic rings. The first-order chi connectivity index (χ1) is 11.9. The maximum Gasteiger partial charge on any atom is 0.271 e. The Morgan fingerprint density at radius 1 is 1.28 bits per heavy atom. The minimum Gasteiger partial charge on any atom is -0.379 e. The molecule has 1 fully saturated rings. The quantitative estimate of drug-likeness (QED) is 0.817. The summed E-state index contributed by atoms with van der Waals surface area (Å²) in [6, 6.07) is 6.89. The number of nitrogens with one attached hydrogen (secondary N) is 1. The van der Waals surface area contributed by atoms with E-state index in [4.69, 9.17) is 4.74 Å². The van der Waals surface area contributed by atoms with Crippen LogP contribution in [0.4, 0.5) is 0 Å². The number of aromatic nitrogens is 2. The average Bonchev–Trinajstić information content (AvgIpc) is 3.00. The van der Waals surface area contributed by atoms with Gasteiger partial charge in [-0.3, -0.25) is 9.78 Å². The van der Waals surface area contributed by atoms with Crippen molar-refractivity contribution >= 4 is 27.0 Å². The predicted molar refractivity (Wildman–Crippen MR) is 92.6 cm³/mol. The Kier molecular flexibility index (Phi) is 4.98. The number of ether oxygens (including phenoxy) is 1. The van der Waals surface area contributed by atoms with E-state index in [0.29, 0.717) is 17.6 Å². The molecule has 0 radical (unpaired) electrons. The summed E-state index contributed by atoms with van der Waals surface area (Å²) in [5.41, 5.74) is 1.53. The van der Waals surface area contributed by atoms with Crippen molar-refractivity contribution in [1.29, 1.82) is 0 Å². The lowest BCUT2D eigenvalue weighted by atomic mass is 10.1. The summed E-state index contributed by atoms with van der Waals surface area (Å²) in [6.45, 7) is 0.571. The molecule has 1 aliphatic heterocycles. The summed E-state index contributed by atoms with van der Waals surface area (Å²) >= 11 is 0. The Morgan fingerprint density at radius 2 is 2.00 bits per heavy atom. The Balaban J connectivity index is 1.72. The molecule has 25 heavy (non-hydrogen) atoms. The lowest BCUT2D eigenvalue weighted by Gasteiger charge is -2.20. The van der Waals surface area contributed by atoms with Crippen molar-refractivity contribution in [2.75, 3.05) is 33.1 Å². The van der Waals surface area contributed by atoms with Crippen molar-refractivity contribution in [2.45, 2.75) is 6.04 Å². The minimum absolute atomic E-state index is 0.0751. The number of hydrogen-bond donors (Lipinski definition) is 1. The van der Waals surface area contributed by atoms with Gasteiger partial charge in [-0.05, 0) is 12.1 Å². The topological polar surface area (TPSA) is 101 Å². The maximum atomic E-state index is 12.5. The second kappa shape index (κ2) is 7.03. The van der Waals surface area contributed by atoms with Crippen molar-refractivity contribution in [3.8, 4) is 0 Å². The fraction of sp³-hybridized carbons (Fsp3) is 0.438. The second-order valence-corrected chi connectivity index (χ2v) is 8.41. The Labute approximate surface area is 146 Å². The van der Waals surface area contributed by atoms with Gasteiger partial charge in [0, 0.05) is 20.0 Å². The van der Waals surface area contributed by atoms with Gasteiger partial charge in [-0.25, -0.2) is 17.7 Å². The number of para-hydroxylation sites is 2. The third kappa shape index (κ3) is 3.94. The first-order valence-electron chi connectivity index (χ1n) is 7.87. The molecule has 0 spiro atoms. The monoisotopic (exact) mass is 364 g/mol. The average molecular weight is 364 g/mol. The van der Waals surface area contributed by atoms with E-state index in [-0.39, 0.29) is 35.9 Å². The largest absolute Gasteiger partial charge is 0.379 e. The minimum atomic E-state index is -3.37. The van der Waals surface area contributed by atoms with Gasteiger partial charge in [0.05, 0.1) is 42.2 Å². The molecule has 2 atom stereocenters. The normalized spacial score (nSPS) is 20.9. The van der Waals surface area contributed by atoms with Crippen LogP contribution in [-0.2, 0) is 14.8 Å². The van der Waals surface area contributed by atoms with Gasteiger partial charge >= 0.3 is 0 Å². The number of rotatable bonds is 5. The smallest absolute Gasteiger partial charge is 0.271 e. The molecule has 2 heterocycles. The molecule has 2 aromatic rings. The first-order valence-corrected chi connectivity index (χ1v) is 9.48. The highest BCUT2D eigenvalue weighted by Crippen LogP contribution is 2.18. The van der Waals surface area contributed by atoms with Crippen LogP contribution >= 0.6 is 0 Å². The second-order valence-electron chi connectivity index (χ2n) is 6.18. The fourth-order valence-electron chi connectivity index (χ4n) is 2.65. The SMILES string of the molecule is CN(C)S(=O)(=O)C[C@@H]1COC[C@@H]1NC(=O)c1cnc2ccccc2n1.